The van der Waals surface area contributed by atoms with Gasteiger partial charge < -0.3 is 9.13 Å². The molecule has 4 heterocycles. The number of pyridine rings is 1. The van der Waals surface area contributed by atoms with E-state index in [0.29, 0.717) is 5.92 Å². The number of rotatable bonds is 6. The van der Waals surface area contributed by atoms with E-state index in [9.17, 15) is 0 Å². The summed E-state index contributed by atoms with van der Waals surface area (Å²) in [4.78, 5) is 5.42. The number of hydrogen-bond acceptors (Lipinski definition) is 1. The molecule has 0 amide bonds. The van der Waals surface area contributed by atoms with Crippen LogP contribution in [0.2, 0.25) is 0 Å². The molecule has 1 atom stereocenters. The zero-order valence-electron chi connectivity index (χ0n) is 35.7. The molecular formula is C60H46N4. The molecule has 0 spiro atoms. The summed E-state index contributed by atoms with van der Waals surface area (Å²) in [5.74, 6) is 1.26. The first kappa shape index (κ1) is 36.9. The van der Waals surface area contributed by atoms with Crippen LogP contribution in [-0.2, 0) is 12.8 Å². The van der Waals surface area contributed by atoms with E-state index in [-0.39, 0.29) is 0 Å². The molecule has 0 saturated heterocycles. The largest absolute Gasteiger partial charge is 0.313 e. The number of aromatic nitrogens is 4. The van der Waals surface area contributed by atoms with Gasteiger partial charge in [-0.2, -0.15) is 0 Å². The van der Waals surface area contributed by atoms with Crippen molar-refractivity contribution < 1.29 is 0 Å². The molecule has 5 aromatic carbocycles. The van der Waals surface area contributed by atoms with E-state index in [4.69, 9.17) is 4.98 Å². The van der Waals surface area contributed by atoms with Gasteiger partial charge in [-0.25, -0.2) is 4.98 Å². The van der Waals surface area contributed by atoms with Crippen LogP contribution < -0.4 is 0 Å². The number of allylic oxidation sites excluding steroid dienone is 12. The predicted molar refractivity (Wildman–Crippen MR) is 269 cm³/mol. The normalized spacial score (nSPS) is 16.6. The Morgan fingerprint density at radius 3 is 2.16 bits per heavy atom. The number of fused-ring (bicyclic) bond motifs is 9. The van der Waals surface area contributed by atoms with Gasteiger partial charge in [0.05, 0.1) is 33.5 Å². The highest BCUT2D eigenvalue weighted by atomic mass is 15.1. The molecule has 0 radical (unpaired) electrons. The molecule has 4 aromatic heterocycles. The minimum absolute atomic E-state index is 0.301. The van der Waals surface area contributed by atoms with Crippen LogP contribution in [0.15, 0.2) is 188 Å². The number of benzene rings is 5. The molecule has 4 nitrogen and oxygen atoms in total. The van der Waals surface area contributed by atoms with Crippen LogP contribution in [0.5, 0.6) is 0 Å². The van der Waals surface area contributed by atoms with E-state index in [1.165, 1.54) is 94.2 Å². The van der Waals surface area contributed by atoms with Gasteiger partial charge in [-0.3, -0.25) is 4.57 Å². The molecule has 4 heteroatoms. The molecular weight excluding hydrogens is 777 g/mol. The summed E-state index contributed by atoms with van der Waals surface area (Å²) >= 11 is 0. The smallest absolute Gasteiger partial charge is 0.138 e. The maximum atomic E-state index is 5.42. The summed E-state index contributed by atoms with van der Waals surface area (Å²) in [6.45, 7) is 0. The lowest BCUT2D eigenvalue weighted by atomic mass is 9.92. The third kappa shape index (κ3) is 5.93. The van der Waals surface area contributed by atoms with E-state index in [2.05, 4.69) is 214 Å². The van der Waals surface area contributed by atoms with Crippen molar-refractivity contribution in [2.24, 2.45) is 0 Å². The predicted octanol–water partition coefficient (Wildman–Crippen LogP) is 15.3. The van der Waals surface area contributed by atoms with E-state index in [0.717, 1.165) is 55.6 Å². The molecule has 1 unspecified atom stereocenters. The van der Waals surface area contributed by atoms with Crippen molar-refractivity contribution in [3.63, 3.8) is 0 Å². The first-order valence-electron chi connectivity index (χ1n) is 22.9. The summed E-state index contributed by atoms with van der Waals surface area (Å²) in [6.07, 6.45) is 35.6. The third-order valence-corrected chi connectivity index (χ3v) is 13.9. The average molecular weight is 823 g/mol. The van der Waals surface area contributed by atoms with E-state index in [1.807, 2.05) is 0 Å². The Morgan fingerprint density at radius 2 is 1.30 bits per heavy atom. The Balaban J connectivity index is 0.952. The molecule has 0 saturated carbocycles. The van der Waals surface area contributed by atoms with Crippen molar-refractivity contribution >= 4 is 61.5 Å². The first-order valence-corrected chi connectivity index (χ1v) is 22.9. The Morgan fingerprint density at radius 1 is 0.516 bits per heavy atom. The molecule has 0 fully saturated rings. The quantitative estimate of drug-likeness (QED) is 0.164. The van der Waals surface area contributed by atoms with Gasteiger partial charge in [0.15, 0.2) is 0 Å². The minimum atomic E-state index is 0.301. The van der Waals surface area contributed by atoms with Crippen molar-refractivity contribution in [2.75, 3.05) is 0 Å². The second-order valence-corrected chi connectivity index (χ2v) is 17.6. The van der Waals surface area contributed by atoms with Crippen LogP contribution in [-0.4, -0.2) is 18.7 Å². The fourth-order valence-corrected chi connectivity index (χ4v) is 10.9. The fourth-order valence-electron chi connectivity index (χ4n) is 10.9. The molecule has 13 rings (SSSR count). The number of nitrogens with zero attached hydrogens (tertiary/aromatic N) is 4. The lowest BCUT2D eigenvalue weighted by Crippen LogP contribution is -2.05. The van der Waals surface area contributed by atoms with Crippen LogP contribution in [0.25, 0.3) is 95.4 Å². The van der Waals surface area contributed by atoms with Gasteiger partial charge >= 0.3 is 0 Å². The second kappa shape index (κ2) is 15.0. The van der Waals surface area contributed by atoms with Crippen molar-refractivity contribution in [1.82, 2.24) is 18.7 Å². The van der Waals surface area contributed by atoms with Gasteiger partial charge in [0, 0.05) is 55.7 Å². The monoisotopic (exact) mass is 822 g/mol. The van der Waals surface area contributed by atoms with Crippen LogP contribution in [0.1, 0.15) is 59.7 Å². The fraction of sp³-hybridized carbons (Fsp3) is 0.117. The molecule has 9 aromatic rings. The van der Waals surface area contributed by atoms with Gasteiger partial charge in [0.2, 0.25) is 0 Å². The lowest BCUT2D eigenvalue weighted by molar-refractivity contribution is 0.846. The zero-order valence-corrected chi connectivity index (χ0v) is 35.7. The Hall–Kier alpha value is -7.69. The first-order chi connectivity index (χ1) is 31.7. The van der Waals surface area contributed by atoms with Crippen LogP contribution in [0.3, 0.4) is 0 Å². The third-order valence-electron chi connectivity index (χ3n) is 13.9. The lowest BCUT2D eigenvalue weighted by Gasteiger charge is -2.18. The van der Waals surface area contributed by atoms with Crippen molar-refractivity contribution in [3.05, 3.63) is 216 Å². The van der Waals surface area contributed by atoms with Gasteiger partial charge in [-0.1, -0.05) is 127 Å². The zero-order chi connectivity index (χ0) is 42.1. The number of para-hydroxylation sites is 1. The van der Waals surface area contributed by atoms with Gasteiger partial charge in [0.1, 0.15) is 5.82 Å². The van der Waals surface area contributed by atoms with Crippen molar-refractivity contribution in [3.8, 4) is 33.9 Å². The van der Waals surface area contributed by atoms with Crippen LogP contribution in [0.4, 0.5) is 0 Å². The van der Waals surface area contributed by atoms with Gasteiger partial charge in [-0.15, -0.1) is 0 Å². The molecule has 0 N–H and O–H groups in total. The summed E-state index contributed by atoms with van der Waals surface area (Å²) in [7, 11) is 0. The Labute approximate surface area is 373 Å². The average Bonchev–Trinajstić information content (AvgIpc) is 3.90. The SMILES string of the molecule is C1=CCc2c(n(-c3cc(C4C=CC=CC4)cc(-c4ccccc4)n3)c3ccc(-c4ccc5c(c4)c4c(n5-c5ccc6c(c5)c5ccccc5n6C5=CCCC=C5)CCC=C4)cc23)C=C1. The van der Waals surface area contributed by atoms with Gasteiger partial charge in [-0.05, 0) is 134 Å². The summed E-state index contributed by atoms with van der Waals surface area (Å²) < 4.78 is 7.38. The van der Waals surface area contributed by atoms with E-state index < -0.39 is 0 Å². The molecule has 64 heavy (non-hydrogen) atoms. The summed E-state index contributed by atoms with van der Waals surface area (Å²) in [5.41, 5.74) is 18.5. The van der Waals surface area contributed by atoms with Crippen LogP contribution >= 0.6 is 0 Å². The highest BCUT2D eigenvalue weighted by molar-refractivity contribution is 6.11. The van der Waals surface area contributed by atoms with Gasteiger partial charge in [0.25, 0.3) is 0 Å². The number of hydrogen-bond donors (Lipinski definition) is 0. The molecule has 0 aliphatic heterocycles. The Bertz CT molecular complexity index is 3610. The highest BCUT2D eigenvalue weighted by Gasteiger charge is 2.24. The molecule has 4 aliphatic carbocycles. The molecule has 0 bridgehead atoms. The second-order valence-electron chi connectivity index (χ2n) is 17.6. The molecule has 306 valence electrons. The maximum absolute atomic E-state index is 5.42. The van der Waals surface area contributed by atoms with E-state index >= 15 is 0 Å². The standard InChI is InChI=1S/C60H46N4/c1-5-17-40(18-6-1)44-37-53(41-19-7-2-8-20-41)61-60(38-44)64-56-26-12-4-11-23-48(56)51-36-43(30-33-59(51)64)42-29-32-57-50(35-42)47-24-13-16-28-55(47)63(57)46-31-34-58-52(39-46)49-25-14-15-27-54(49)62(58)45-21-9-3-10-22-45/h1-2,4-9,11-15,17,19-22,24-27,29-40H,3,10,16,18,23,28H2. The summed E-state index contributed by atoms with van der Waals surface area (Å²) in [6, 6.07) is 45.4. The van der Waals surface area contributed by atoms with Crippen LogP contribution in [0, 0.1) is 0 Å². The Kier molecular flexibility index (Phi) is 8.65. The highest BCUT2D eigenvalue weighted by Crippen LogP contribution is 2.42. The van der Waals surface area contributed by atoms with Crippen molar-refractivity contribution in [2.45, 2.75) is 44.4 Å². The van der Waals surface area contributed by atoms with Crippen molar-refractivity contribution in [1.29, 1.82) is 0 Å². The minimum Gasteiger partial charge on any atom is -0.313 e. The maximum Gasteiger partial charge on any atom is 0.138 e. The topological polar surface area (TPSA) is 27.7 Å². The summed E-state index contributed by atoms with van der Waals surface area (Å²) in [5, 5.41) is 5.15. The molecule has 4 aliphatic rings. The van der Waals surface area contributed by atoms with E-state index in [1.54, 1.807) is 0 Å².